The summed E-state index contributed by atoms with van der Waals surface area (Å²) in [7, 11) is 0. The van der Waals surface area contributed by atoms with E-state index in [0.717, 1.165) is 5.82 Å². The van der Waals surface area contributed by atoms with Crippen LogP contribution in [0.1, 0.15) is 39.9 Å². The van der Waals surface area contributed by atoms with Crippen LogP contribution in [0.15, 0.2) is 0 Å². The van der Waals surface area contributed by atoms with Gasteiger partial charge in [-0.25, -0.2) is 4.98 Å². The van der Waals surface area contributed by atoms with E-state index < -0.39 is 5.97 Å². The molecule has 0 saturated heterocycles. The second kappa shape index (κ2) is 5.44. The fourth-order valence-corrected chi connectivity index (χ4v) is 1.98. The summed E-state index contributed by atoms with van der Waals surface area (Å²) in [6, 6.07) is 0. The van der Waals surface area contributed by atoms with Crippen LogP contribution in [-0.4, -0.2) is 27.0 Å². The molecule has 1 aromatic heterocycles. The van der Waals surface area contributed by atoms with E-state index >= 15 is 0 Å². The molecule has 0 radical (unpaired) electrons. The Balaban J connectivity index is 2.58. The molecule has 2 N–H and O–H groups in total. The third kappa shape index (κ3) is 3.96. The van der Waals surface area contributed by atoms with Crippen LogP contribution in [0, 0.1) is 5.92 Å². The average molecular weight is 257 g/mol. The lowest BCUT2D eigenvalue weighted by molar-refractivity contribution is -0.141. The van der Waals surface area contributed by atoms with Gasteiger partial charge in [0, 0.05) is 23.5 Å². The van der Waals surface area contributed by atoms with E-state index in [1.807, 2.05) is 27.7 Å². The molecular weight excluding hydrogens is 238 g/mol. The summed E-state index contributed by atoms with van der Waals surface area (Å²) in [5.41, 5.74) is -0.0760. The van der Waals surface area contributed by atoms with Crippen molar-refractivity contribution in [3.8, 4) is 0 Å². The minimum atomic E-state index is -0.777. The zero-order valence-electron chi connectivity index (χ0n) is 10.6. The Morgan fingerprint density at radius 1 is 1.53 bits per heavy atom. The van der Waals surface area contributed by atoms with E-state index in [-0.39, 0.29) is 11.3 Å². The first kappa shape index (κ1) is 13.9. The molecular formula is C11H19N3O2S. The molecule has 0 bridgehead atoms. The number of hydrogen-bond acceptors (Lipinski definition) is 5. The maximum atomic E-state index is 10.8. The molecule has 0 aliphatic carbocycles. The maximum Gasteiger partial charge on any atom is 0.308 e. The largest absolute Gasteiger partial charge is 0.481 e. The Morgan fingerprint density at radius 2 is 2.18 bits per heavy atom. The molecule has 96 valence electrons. The topological polar surface area (TPSA) is 75.1 Å². The molecule has 0 saturated carbocycles. The standard InChI is InChI=1S/C11H19N3O2S/c1-5-7(8(15)16)6-12-10-13-9(14-17-10)11(2,3)4/h7H,5-6H2,1-4H3,(H,15,16)(H,12,13,14). The highest BCUT2D eigenvalue weighted by atomic mass is 32.1. The van der Waals surface area contributed by atoms with Gasteiger partial charge in [-0.15, -0.1) is 0 Å². The lowest BCUT2D eigenvalue weighted by atomic mass is 9.96. The van der Waals surface area contributed by atoms with Crippen LogP contribution in [0.2, 0.25) is 0 Å². The Kier molecular flexibility index (Phi) is 4.45. The number of anilines is 1. The number of nitrogens with zero attached hydrogens (tertiary/aromatic N) is 2. The van der Waals surface area contributed by atoms with Gasteiger partial charge in [-0.3, -0.25) is 4.79 Å². The smallest absolute Gasteiger partial charge is 0.308 e. The zero-order chi connectivity index (χ0) is 13.1. The monoisotopic (exact) mass is 257 g/mol. The Morgan fingerprint density at radius 3 is 2.59 bits per heavy atom. The van der Waals surface area contributed by atoms with Crippen molar-refractivity contribution in [2.45, 2.75) is 39.5 Å². The molecule has 0 spiro atoms. The van der Waals surface area contributed by atoms with E-state index in [0.29, 0.717) is 18.1 Å². The van der Waals surface area contributed by atoms with Gasteiger partial charge in [-0.2, -0.15) is 4.37 Å². The molecule has 0 fully saturated rings. The normalized spacial score (nSPS) is 13.4. The molecule has 0 amide bonds. The van der Waals surface area contributed by atoms with Crippen LogP contribution in [-0.2, 0) is 10.2 Å². The SMILES string of the molecule is CCC(CNc1nc(C(C)(C)C)ns1)C(=O)O. The first-order chi connectivity index (χ1) is 7.84. The molecule has 5 nitrogen and oxygen atoms in total. The van der Waals surface area contributed by atoms with Gasteiger partial charge in [0.15, 0.2) is 0 Å². The Labute approximate surface area is 105 Å². The Hall–Kier alpha value is -1.17. The summed E-state index contributed by atoms with van der Waals surface area (Å²) >= 11 is 1.28. The van der Waals surface area contributed by atoms with Crippen LogP contribution in [0.3, 0.4) is 0 Å². The van der Waals surface area contributed by atoms with E-state index in [1.165, 1.54) is 11.5 Å². The third-order valence-corrected chi connectivity index (χ3v) is 3.11. The molecule has 1 rings (SSSR count). The summed E-state index contributed by atoms with van der Waals surface area (Å²) in [5, 5.41) is 12.6. The van der Waals surface area contributed by atoms with E-state index in [2.05, 4.69) is 14.7 Å². The van der Waals surface area contributed by atoms with Crippen molar-refractivity contribution in [2.75, 3.05) is 11.9 Å². The number of carboxylic acids is 1. The number of nitrogens with one attached hydrogen (secondary N) is 1. The predicted octanol–water partition coefficient (Wildman–Crippen LogP) is 2.36. The molecule has 1 unspecified atom stereocenters. The van der Waals surface area contributed by atoms with Crippen LogP contribution < -0.4 is 5.32 Å². The van der Waals surface area contributed by atoms with Gasteiger partial charge in [-0.1, -0.05) is 27.7 Å². The number of hydrogen-bond donors (Lipinski definition) is 2. The van der Waals surface area contributed by atoms with Crippen molar-refractivity contribution in [2.24, 2.45) is 5.92 Å². The first-order valence-electron chi connectivity index (χ1n) is 5.65. The third-order valence-electron chi connectivity index (χ3n) is 2.44. The van der Waals surface area contributed by atoms with Crippen molar-refractivity contribution in [3.05, 3.63) is 5.82 Å². The fraction of sp³-hybridized carbons (Fsp3) is 0.727. The fourth-order valence-electron chi connectivity index (χ4n) is 1.22. The predicted molar refractivity (Wildman–Crippen MR) is 68.5 cm³/mol. The second-order valence-electron chi connectivity index (χ2n) is 5.00. The Bertz CT molecular complexity index is 384. The number of carboxylic acid groups (broad SMARTS) is 1. The second-order valence-corrected chi connectivity index (χ2v) is 5.75. The van der Waals surface area contributed by atoms with Crippen LogP contribution >= 0.6 is 11.5 Å². The quantitative estimate of drug-likeness (QED) is 0.847. The lowest BCUT2D eigenvalue weighted by Gasteiger charge is -2.12. The maximum absolute atomic E-state index is 10.8. The van der Waals surface area contributed by atoms with Gasteiger partial charge in [0.1, 0.15) is 5.82 Å². The highest BCUT2D eigenvalue weighted by Gasteiger charge is 2.20. The highest BCUT2D eigenvalue weighted by molar-refractivity contribution is 7.09. The summed E-state index contributed by atoms with van der Waals surface area (Å²) < 4.78 is 4.26. The molecule has 0 aromatic carbocycles. The summed E-state index contributed by atoms with van der Waals surface area (Å²) in [5.74, 6) is -0.370. The minimum Gasteiger partial charge on any atom is -0.481 e. The van der Waals surface area contributed by atoms with Crippen molar-refractivity contribution < 1.29 is 9.90 Å². The van der Waals surface area contributed by atoms with E-state index in [1.54, 1.807) is 0 Å². The molecule has 1 aromatic rings. The van der Waals surface area contributed by atoms with Gasteiger partial charge in [0.2, 0.25) is 5.13 Å². The van der Waals surface area contributed by atoms with Crippen LogP contribution in [0.4, 0.5) is 5.13 Å². The van der Waals surface area contributed by atoms with Gasteiger partial charge >= 0.3 is 5.97 Å². The van der Waals surface area contributed by atoms with Crippen molar-refractivity contribution in [3.63, 3.8) is 0 Å². The summed E-state index contributed by atoms with van der Waals surface area (Å²) in [6.07, 6.45) is 0.604. The number of aliphatic carboxylic acids is 1. The van der Waals surface area contributed by atoms with Gasteiger partial charge in [0.05, 0.1) is 5.92 Å². The summed E-state index contributed by atoms with van der Waals surface area (Å²) in [6.45, 7) is 8.40. The van der Waals surface area contributed by atoms with Gasteiger partial charge in [-0.05, 0) is 6.42 Å². The number of rotatable bonds is 5. The number of aromatic nitrogens is 2. The molecule has 1 heterocycles. The molecule has 6 heteroatoms. The zero-order valence-corrected chi connectivity index (χ0v) is 11.5. The highest BCUT2D eigenvalue weighted by Crippen LogP contribution is 2.23. The van der Waals surface area contributed by atoms with Crippen molar-refractivity contribution in [1.82, 2.24) is 9.36 Å². The molecule has 1 atom stereocenters. The van der Waals surface area contributed by atoms with Gasteiger partial charge < -0.3 is 10.4 Å². The van der Waals surface area contributed by atoms with Crippen molar-refractivity contribution >= 4 is 22.6 Å². The van der Waals surface area contributed by atoms with E-state index in [9.17, 15) is 4.79 Å². The lowest BCUT2D eigenvalue weighted by Crippen LogP contribution is -2.22. The van der Waals surface area contributed by atoms with Crippen molar-refractivity contribution in [1.29, 1.82) is 0 Å². The molecule has 0 aliphatic heterocycles. The van der Waals surface area contributed by atoms with Crippen LogP contribution in [0.5, 0.6) is 0 Å². The first-order valence-corrected chi connectivity index (χ1v) is 6.42. The minimum absolute atomic E-state index is 0.0760. The van der Waals surface area contributed by atoms with Gasteiger partial charge in [0.25, 0.3) is 0 Å². The average Bonchev–Trinajstić information content (AvgIpc) is 2.66. The summed E-state index contributed by atoms with van der Waals surface area (Å²) in [4.78, 5) is 15.2. The number of carbonyl (C=O) groups is 1. The molecule has 17 heavy (non-hydrogen) atoms. The van der Waals surface area contributed by atoms with Crippen LogP contribution in [0.25, 0.3) is 0 Å². The molecule has 0 aliphatic rings. The van der Waals surface area contributed by atoms with E-state index in [4.69, 9.17) is 5.11 Å².